The lowest BCUT2D eigenvalue weighted by atomic mass is 10.1. The van der Waals surface area contributed by atoms with E-state index in [2.05, 4.69) is 29.1 Å². The molecule has 0 aromatic carbocycles. The predicted molar refractivity (Wildman–Crippen MR) is 61.3 cm³/mol. The van der Waals surface area contributed by atoms with Crippen molar-refractivity contribution in [1.29, 1.82) is 0 Å². The molecule has 0 radical (unpaired) electrons. The molecule has 0 aliphatic rings. The molecule has 0 amide bonds. The van der Waals surface area contributed by atoms with Crippen LogP contribution in [0.1, 0.15) is 26.1 Å². The van der Waals surface area contributed by atoms with Crippen LogP contribution in [0, 0.1) is 12.8 Å². The molecule has 1 rings (SSSR count). The minimum absolute atomic E-state index is 0.606. The summed E-state index contributed by atoms with van der Waals surface area (Å²) in [7, 11) is 1.61. The molecule has 0 aliphatic heterocycles. The van der Waals surface area contributed by atoms with Crippen LogP contribution in [0.3, 0.4) is 0 Å². The average Bonchev–Trinajstić information content (AvgIpc) is 2.25. The second kappa shape index (κ2) is 5.53. The van der Waals surface area contributed by atoms with Crippen LogP contribution >= 0.6 is 0 Å². The van der Waals surface area contributed by atoms with Gasteiger partial charge in [-0.15, -0.1) is 0 Å². The Morgan fingerprint density at radius 2 is 2.20 bits per heavy atom. The van der Waals surface area contributed by atoms with Crippen molar-refractivity contribution < 1.29 is 4.74 Å². The van der Waals surface area contributed by atoms with Gasteiger partial charge in [0.1, 0.15) is 11.6 Å². The number of hydrogen-bond acceptors (Lipinski definition) is 4. The summed E-state index contributed by atoms with van der Waals surface area (Å²) < 4.78 is 5.08. The Labute approximate surface area is 91.1 Å². The number of hydrogen-bond donors (Lipinski definition) is 1. The largest absolute Gasteiger partial charge is 0.481 e. The first-order valence-electron chi connectivity index (χ1n) is 5.29. The normalized spacial score (nSPS) is 12.3. The minimum Gasteiger partial charge on any atom is -0.481 e. The molecule has 1 aromatic rings. The molecule has 0 saturated heterocycles. The summed E-state index contributed by atoms with van der Waals surface area (Å²) >= 11 is 0. The molecule has 0 saturated carbocycles. The first-order valence-corrected chi connectivity index (χ1v) is 5.29. The molecule has 0 bridgehead atoms. The number of nitrogens with zero attached hydrogens (tertiary/aromatic N) is 2. The number of aryl methyl sites for hydroxylation is 1. The van der Waals surface area contributed by atoms with E-state index in [0.717, 1.165) is 24.6 Å². The topological polar surface area (TPSA) is 47.0 Å². The Morgan fingerprint density at radius 3 is 2.80 bits per heavy atom. The highest BCUT2D eigenvalue weighted by Gasteiger charge is 2.03. The summed E-state index contributed by atoms with van der Waals surface area (Å²) in [6.45, 7) is 7.17. The van der Waals surface area contributed by atoms with Crippen molar-refractivity contribution in [3.63, 3.8) is 0 Å². The fraction of sp³-hybridized carbons (Fsp3) is 0.636. The van der Waals surface area contributed by atoms with Crippen molar-refractivity contribution in [2.24, 2.45) is 5.92 Å². The van der Waals surface area contributed by atoms with Crippen molar-refractivity contribution in [3.8, 4) is 5.88 Å². The fourth-order valence-corrected chi connectivity index (χ4v) is 1.16. The smallest absolute Gasteiger partial charge is 0.218 e. The number of methoxy groups -OCH3 is 1. The van der Waals surface area contributed by atoms with Crippen LogP contribution in [0.25, 0.3) is 0 Å². The number of nitrogens with one attached hydrogen (secondary N) is 1. The molecule has 1 aromatic heterocycles. The van der Waals surface area contributed by atoms with Crippen molar-refractivity contribution in [2.75, 3.05) is 19.0 Å². The Bertz CT molecular complexity index is 315. The molecule has 84 valence electrons. The quantitative estimate of drug-likeness (QED) is 0.808. The van der Waals surface area contributed by atoms with Gasteiger partial charge in [0.2, 0.25) is 5.88 Å². The van der Waals surface area contributed by atoms with Gasteiger partial charge in [-0.3, -0.25) is 0 Å². The summed E-state index contributed by atoms with van der Waals surface area (Å²) in [5, 5.41) is 3.28. The summed E-state index contributed by atoms with van der Waals surface area (Å²) in [5.74, 6) is 2.81. The number of anilines is 1. The molecule has 4 nitrogen and oxygen atoms in total. The van der Waals surface area contributed by atoms with Crippen LogP contribution in [0.2, 0.25) is 0 Å². The average molecular weight is 209 g/mol. The summed E-state index contributed by atoms with van der Waals surface area (Å²) in [5.41, 5.74) is 0. The molecular formula is C11H19N3O. The van der Waals surface area contributed by atoms with Crippen LogP contribution in [0.4, 0.5) is 5.82 Å². The molecular weight excluding hydrogens is 190 g/mol. The van der Waals surface area contributed by atoms with Gasteiger partial charge < -0.3 is 10.1 Å². The Morgan fingerprint density at radius 1 is 1.47 bits per heavy atom. The van der Waals surface area contributed by atoms with Crippen molar-refractivity contribution in [3.05, 3.63) is 11.9 Å². The van der Waals surface area contributed by atoms with Crippen molar-refractivity contribution in [1.82, 2.24) is 9.97 Å². The molecule has 1 atom stereocenters. The van der Waals surface area contributed by atoms with E-state index in [9.17, 15) is 0 Å². The minimum atomic E-state index is 0.606. The Kier molecular flexibility index (Phi) is 4.34. The van der Waals surface area contributed by atoms with Gasteiger partial charge in [-0.1, -0.05) is 20.3 Å². The van der Waals surface area contributed by atoms with Crippen molar-refractivity contribution in [2.45, 2.75) is 27.2 Å². The molecule has 4 heteroatoms. The lowest BCUT2D eigenvalue weighted by molar-refractivity contribution is 0.396. The van der Waals surface area contributed by atoms with E-state index in [0.29, 0.717) is 11.8 Å². The molecule has 1 unspecified atom stereocenters. The van der Waals surface area contributed by atoms with Gasteiger partial charge in [-0.05, 0) is 12.8 Å². The lowest BCUT2D eigenvalue weighted by Crippen LogP contribution is -2.12. The summed E-state index contributed by atoms with van der Waals surface area (Å²) in [6, 6.07) is 1.81. The predicted octanol–water partition coefficient (Wildman–Crippen LogP) is 2.25. The number of aromatic nitrogens is 2. The Hall–Kier alpha value is -1.32. The first kappa shape index (κ1) is 11.8. The van der Waals surface area contributed by atoms with Gasteiger partial charge in [0.25, 0.3) is 0 Å². The van der Waals surface area contributed by atoms with Crippen LogP contribution < -0.4 is 10.1 Å². The monoisotopic (exact) mass is 209 g/mol. The van der Waals surface area contributed by atoms with Gasteiger partial charge in [-0.2, -0.15) is 4.98 Å². The van der Waals surface area contributed by atoms with Crippen LogP contribution in [-0.2, 0) is 0 Å². The zero-order valence-electron chi connectivity index (χ0n) is 9.87. The zero-order chi connectivity index (χ0) is 11.3. The highest BCUT2D eigenvalue weighted by Crippen LogP contribution is 2.13. The molecule has 1 heterocycles. The van der Waals surface area contributed by atoms with E-state index in [-0.39, 0.29) is 0 Å². The van der Waals surface area contributed by atoms with Crippen molar-refractivity contribution >= 4 is 5.82 Å². The SMILES string of the molecule is CCC(C)CNc1cc(OC)nc(C)n1. The highest BCUT2D eigenvalue weighted by atomic mass is 16.5. The van der Waals surface area contributed by atoms with E-state index >= 15 is 0 Å². The van der Waals surface area contributed by atoms with Gasteiger partial charge in [0, 0.05) is 12.6 Å². The van der Waals surface area contributed by atoms with Crippen LogP contribution in [0.15, 0.2) is 6.07 Å². The van der Waals surface area contributed by atoms with Gasteiger partial charge in [-0.25, -0.2) is 4.98 Å². The van der Waals surface area contributed by atoms with Gasteiger partial charge in [0.05, 0.1) is 7.11 Å². The third-order valence-electron chi connectivity index (χ3n) is 2.35. The van der Waals surface area contributed by atoms with Crippen LogP contribution in [-0.4, -0.2) is 23.6 Å². The summed E-state index contributed by atoms with van der Waals surface area (Å²) in [4.78, 5) is 8.41. The maximum atomic E-state index is 5.08. The first-order chi connectivity index (χ1) is 7.15. The van der Waals surface area contributed by atoms with E-state index in [1.54, 1.807) is 7.11 Å². The molecule has 0 spiro atoms. The van der Waals surface area contributed by atoms with Crippen LogP contribution in [0.5, 0.6) is 5.88 Å². The highest BCUT2D eigenvalue weighted by molar-refractivity contribution is 5.38. The van der Waals surface area contributed by atoms with E-state index in [4.69, 9.17) is 4.74 Å². The second-order valence-corrected chi connectivity index (χ2v) is 3.74. The third kappa shape index (κ3) is 3.73. The standard InChI is InChI=1S/C11H19N3O/c1-5-8(2)7-12-10-6-11(15-4)14-9(3)13-10/h6,8H,5,7H2,1-4H3,(H,12,13,14). The van der Waals surface area contributed by atoms with E-state index < -0.39 is 0 Å². The molecule has 15 heavy (non-hydrogen) atoms. The van der Waals surface area contributed by atoms with Gasteiger partial charge >= 0.3 is 0 Å². The number of rotatable bonds is 5. The molecule has 0 aliphatic carbocycles. The molecule has 0 fully saturated rings. The van der Waals surface area contributed by atoms with Gasteiger partial charge in [0.15, 0.2) is 0 Å². The van der Waals surface area contributed by atoms with E-state index in [1.807, 2.05) is 13.0 Å². The maximum absolute atomic E-state index is 5.08. The molecule has 1 N–H and O–H groups in total. The lowest BCUT2D eigenvalue weighted by Gasteiger charge is -2.11. The Balaban J connectivity index is 2.64. The summed E-state index contributed by atoms with van der Waals surface area (Å²) in [6.07, 6.45) is 1.16. The zero-order valence-corrected chi connectivity index (χ0v) is 9.87. The maximum Gasteiger partial charge on any atom is 0.218 e. The number of ether oxygens (including phenoxy) is 1. The second-order valence-electron chi connectivity index (χ2n) is 3.74. The third-order valence-corrected chi connectivity index (χ3v) is 2.35. The van der Waals surface area contributed by atoms with E-state index in [1.165, 1.54) is 0 Å². The fourth-order valence-electron chi connectivity index (χ4n) is 1.16.